The number of benzene rings is 1. The van der Waals surface area contributed by atoms with Crippen molar-refractivity contribution < 1.29 is 14.3 Å². The second-order valence-corrected chi connectivity index (χ2v) is 4.50. The van der Waals surface area contributed by atoms with Crippen LogP contribution in [0.4, 0.5) is 0 Å². The third kappa shape index (κ3) is 3.47. The maximum Gasteiger partial charge on any atom is 0.164 e. The monoisotopic (exact) mass is 251 g/mol. The van der Waals surface area contributed by atoms with Gasteiger partial charge < -0.3 is 14.4 Å². The first-order valence-corrected chi connectivity index (χ1v) is 5.90. The molecule has 0 aliphatic heterocycles. The summed E-state index contributed by atoms with van der Waals surface area (Å²) in [5.41, 5.74) is 1.62. The molecule has 4 heteroatoms. The van der Waals surface area contributed by atoms with Crippen molar-refractivity contribution in [1.29, 1.82) is 0 Å². The van der Waals surface area contributed by atoms with E-state index in [0.717, 1.165) is 12.1 Å². The molecule has 1 aromatic rings. The van der Waals surface area contributed by atoms with Gasteiger partial charge >= 0.3 is 0 Å². The number of hydrogen-bond donors (Lipinski definition) is 0. The molecular formula is C14H21NO3. The molecule has 4 nitrogen and oxygen atoms in total. The number of carbonyl (C=O) groups is 1. The second-order valence-electron chi connectivity index (χ2n) is 4.50. The second kappa shape index (κ2) is 6.40. The Labute approximate surface area is 108 Å². The van der Waals surface area contributed by atoms with Crippen LogP contribution in [-0.2, 0) is 0 Å². The summed E-state index contributed by atoms with van der Waals surface area (Å²) in [5.74, 6) is 1.37. The summed E-state index contributed by atoms with van der Waals surface area (Å²) in [4.78, 5) is 14.1. The van der Waals surface area contributed by atoms with Crippen molar-refractivity contribution in [3.05, 3.63) is 23.3 Å². The van der Waals surface area contributed by atoms with Gasteiger partial charge in [-0.1, -0.05) is 0 Å². The highest BCUT2D eigenvalue weighted by atomic mass is 16.5. The van der Waals surface area contributed by atoms with Gasteiger partial charge in [-0.2, -0.15) is 0 Å². The minimum Gasteiger partial charge on any atom is -0.493 e. The molecule has 0 saturated heterocycles. The van der Waals surface area contributed by atoms with E-state index < -0.39 is 0 Å². The van der Waals surface area contributed by atoms with E-state index in [0.29, 0.717) is 23.5 Å². The molecule has 0 N–H and O–H groups in total. The van der Waals surface area contributed by atoms with Gasteiger partial charge in [-0.25, -0.2) is 0 Å². The van der Waals surface area contributed by atoms with E-state index in [2.05, 4.69) is 0 Å². The SMILES string of the molecule is COc1cc(C)c(C(=O)CCN(C)C)cc1OC. The Bertz CT molecular complexity index is 427. The van der Waals surface area contributed by atoms with Gasteiger partial charge in [0.05, 0.1) is 14.2 Å². The maximum atomic E-state index is 12.1. The van der Waals surface area contributed by atoms with E-state index in [1.54, 1.807) is 20.3 Å². The predicted molar refractivity (Wildman–Crippen MR) is 71.8 cm³/mol. The number of methoxy groups -OCH3 is 2. The molecule has 0 aliphatic carbocycles. The van der Waals surface area contributed by atoms with Gasteiger partial charge in [0.2, 0.25) is 0 Å². The highest BCUT2D eigenvalue weighted by molar-refractivity contribution is 5.98. The zero-order valence-corrected chi connectivity index (χ0v) is 11.7. The summed E-state index contributed by atoms with van der Waals surface area (Å²) in [6.07, 6.45) is 0.503. The molecule has 1 rings (SSSR count). The number of Topliss-reactive ketones (excluding diaryl/α,β-unsaturated/α-hetero) is 1. The van der Waals surface area contributed by atoms with Gasteiger partial charge in [-0.05, 0) is 38.7 Å². The molecule has 0 radical (unpaired) electrons. The number of hydrogen-bond acceptors (Lipinski definition) is 4. The van der Waals surface area contributed by atoms with Crippen molar-refractivity contribution in [2.75, 3.05) is 34.9 Å². The van der Waals surface area contributed by atoms with Crippen LogP contribution < -0.4 is 9.47 Å². The molecule has 0 saturated carbocycles. The molecule has 0 heterocycles. The molecule has 0 atom stereocenters. The maximum absolute atomic E-state index is 12.1. The van der Waals surface area contributed by atoms with E-state index in [4.69, 9.17) is 9.47 Å². The number of ether oxygens (including phenoxy) is 2. The lowest BCUT2D eigenvalue weighted by atomic mass is 10.0. The highest BCUT2D eigenvalue weighted by Crippen LogP contribution is 2.30. The Morgan fingerprint density at radius 3 is 2.22 bits per heavy atom. The van der Waals surface area contributed by atoms with Gasteiger partial charge in [-0.15, -0.1) is 0 Å². The van der Waals surface area contributed by atoms with E-state index in [1.807, 2.05) is 32.0 Å². The largest absolute Gasteiger partial charge is 0.493 e. The topological polar surface area (TPSA) is 38.8 Å². The first-order valence-electron chi connectivity index (χ1n) is 5.90. The smallest absolute Gasteiger partial charge is 0.164 e. The van der Waals surface area contributed by atoms with Crippen LogP contribution in [0.2, 0.25) is 0 Å². The third-order valence-electron chi connectivity index (χ3n) is 2.82. The Morgan fingerprint density at radius 1 is 1.17 bits per heavy atom. The fraction of sp³-hybridized carbons (Fsp3) is 0.500. The average Bonchev–Trinajstić information content (AvgIpc) is 2.35. The molecule has 100 valence electrons. The Hall–Kier alpha value is -1.55. The van der Waals surface area contributed by atoms with Crippen LogP contribution in [0.5, 0.6) is 11.5 Å². The lowest BCUT2D eigenvalue weighted by molar-refractivity contribution is 0.0971. The molecule has 1 aromatic carbocycles. The van der Waals surface area contributed by atoms with Crippen molar-refractivity contribution >= 4 is 5.78 Å². The normalized spacial score (nSPS) is 10.6. The van der Waals surface area contributed by atoms with E-state index >= 15 is 0 Å². The Balaban J connectivity index is 2.98. The fourth-order valence-electron chi connectivity index (χ4n) is 1.74. The summed E-state index contributed by atoms with van der Waals surface area (Å²) < 4.78 is 10.4. The molecule has 0 aliphatic rings. The van der Waals surface area contributed by atoms with Crippen LogP contribution in [0, 0.1) is 6.92 Å². The van der Waals surface area contributed by atoms with Crippen LogP contribution in [0.25, 0.3) is 0 Å². The Kier molecular flexibility index (Phi) is 5.16. The van der Waals surface area contributed by atoms with Crippen molar-refractivity contribution in [2.45, 2.75) is 13.3 Å². The zero-order chi connectivity index (χ0) is 13.7. The minimum absolute atomic E-state index is 0.127. The molecule has 0 bridgehead atoms. The van der Waals surface area contributed by atoms with Gasteiger partial charge in [0, 0.05) is 18.5 Å². The highest BCUT2D eigenvalue weighted by Gasteiger charge is 2.14. The molecule has 18 heavy (non-hydrogen) atoms. The number of ketones is 1. The lowest BCUT2D eigenvalue weighted by Gasteiger charge is -2.13. The van der Waals surface area contributed by atoms with Gasteiger partial charge in [-0.3, -0.25) is 4.79 Å². The van der Waals surface area contributed by atoms with Crippen LogP contribution in [0.1, 0.15) is 22.3 Å². The standard InChI is InChI=1S/C14H21NO3/c1-10-8-13(17-4)14(18-5)9-11(10)12(16)6-7-15(2)3/h8-9H,6-7H2,1-5H3. The van der Waals surface area contributed by atoms with E-state index in [1.165, 1.54) is 0 Å². The first-order chi connectivity index (χ1) is 8.49. The molecule has 0 fully saturated rings. The van der Waals surface area contributed by atoms with E-state index in [9.17, 15) is 4.79 Å². The van der Waals surface area contributed by atoms with Crippen LogP contribution in [0.15, 0.2) is 12.1 Å². The van der Waals surface area contributed by atoms with Crippen LogP contribution >= 0.6 is 0 Å². The number of nitrogens with zero attached hydrogens (tertiary/aromatic N) is 1. The summed E-state index contributed by atoms with van der Waals surface area (Å²) in [5, 5.41) is 0. The van der Waals surface area contributed by atoms with Crippen LogP contribution in [0.3, 0.4) is 0 Å². The van der Waals surface area contributed by atoms with Crippen LogP contribution in [-0.4, -0.2) is 45.5 Å². The molecule has 0 aromatic heterocycles. The molecule has 0 unspecified atom stereocenters. The summed E-state index contributed by atoms with van der Waals surface area (Å²) in [7, 11) is 7.07. The fourth-order valence-corrected chi connectivity index (χ4v) is 1.74. The predicted octanol–water partition coefficient (Wildman–Crippen LogP) is 2.15. The van der Waals surface area contributed by atoms with E-state index in [-0.39, 0.29) is 5.78 Å². The number of aryl methyl sites for hydroxylation is 1. The summed E-state index contributed by atoms with van der Waals surface area (Å²) >= 11 is 0. The van der Waals surface area contributed by atoms with Gasteiger partial charge in [0.15, 0.2) is 17.3 Å². The molecular weight excluding hydrogens is 230 g/mol. The third-order valence-corrected chi connectivity index (χ3v) is 2.82. The molecule has 0 spiro atoms. The van der Waals surface area contributed by atoms with Crippen molar-refractivity contribution in [3.63, 3.8) is 0 Å². The van der Waals surface area contributed by atoms with Crippen molar-refractivity contribution in [2.24, 2.45) is 0 Å². The summed E-state index contributed by atoms with van der Waals surface area (Å²) in [6.45, 7) is 2.65. The number of rotatable bonds is 6. The van der Waals surface area contributed by atoms with Gasteiger partial charge in [0.25, 0.3) is 0 Å². The zero-order valence-electron chi connectivity index (χ0n) is 11.7. The summed E-state index contributed by atoms with van der Waals surface area (Å²) in [6, 6.07) is 3.59. The quantitative estimate of drug-likeness (QED) is 0.726. The first kappa shape index (κ1) is 14.5. The Morgan fingerprint density at radius 2 is 1.72 bits per heavy atom. The lowest BCUT2D eigenvalue weighted by Crippen LogP contribution is -2.17. The van der Waals surface area contributed by atoms with Gasteiger partial charge in [0.1, 0.15) is 0 Å². The minimum atomic E-state index is 0.127. The molecule has 0 amide bonds. The average molecular weight is 251 g/mol. The number of carbonyl (C=O) groups excluding carboxylic acids is 1. The van der Waals surface area contributed by atoms with Crippen molar-refractivity contribution in [3.8, 4) is 11.5 Å². The van der Waals surface area contributed by atoms with Crippen molar-refractivity contribution in [1.82, 2.24) is 4.90 Å².